The molecule has 132 valence electrons. The van der Waals surface area contributed by atoms with Crippen LogP contribution in [-0.4, -0.2) is 59.1 Å². The lowest BCUT2D eigenvalue weighted by Crippen LogP contribution is -2.49. The van der Waals surface area contributed by atoms with Crippen LogP contribution in [0.4, 0.5) is 10.5 Å². The lowest BCUT2D eigenvalue weighted by molar-refractivity contribution is 0.118. The Morgan fingerprint density at radius 1 is 1.17 bits per heavy atom. The first-order valence-electron chi connectivity index (χ1n) is 9.22. The summed E-state index contributed by atoms with van der Waals surface area (Å²) in [5.41, 5.74) is 0.876. The third-order valence-corrected chi connectivity index (χ3v) is 6.21. The van der Waals surface area contributed by atoms with Crippen molar-refractivity contribution in [1.29, 1.82) is 0 Å². The zero-order chi connectivity index (χ0) is 16.8. The van der Waals surface area contributed by atoms with Gasteiger partial charge in [-0.15, -0.1) is 0 Å². The van der Waals surface area contributed by atoms with E-state index in [1.807, 2.05) is 35.2 Å². The Hall–Kier alpha value is -1.20. The average Bonchev–Trinajstić information content (AvgIpc) is 3.09. The molecular weight excluding hydrogens is 318 g/mol. The maximum atomic E-state index is 12.4. The molecule has 0 spiro atoms. The molecule has 2 fully saturated rings. The van der Waals surface area contributed by atoms with Crippen LogP contribution in [0.3, 0.4) is 0 Å². The summed E-state index contributed by atoms with van der Waals surface area (Å²) in [7, 11) is 0. The summed E-state index contributed by atoms with van der Waals surface area (Å²) in [5, 5.41) is 3.00. The van der Waals surface area contributed by atoms with Gasteiger partial charge in [0, 0.05) is 36.6 Å². The predicted octanol–water partition coefficient (Wildman–Crippen LogP) is 3.90. The average molecular weight is 348 g/mol. The van der Waals surface area contributed by atoms with Crippen LogP contribution in [0.25, 0.3) is 0 Å². The van der Waals surface area contributed by atoms with Crippen LogP contribution < -0.4 is 5.32 Å². The fraction of sp³-hybridized carbons (Fsp3) is 0.632. The number of carbonyl (C=O) groups excluding carboxylic acids is 1. The highest BCUT2D eigenvalue weighted by Crippen LogP contribution is 2.28. The smallest absolute Gasteiger partial charge is 0.321 e. The second-order valence-electron chi connectivity index (χ2n) is 6.71. The molecule has 3 rings (SSSR count). The van der Waals surface area contributed by atoms with Gasteiger partial charge in [0.05, 0.1) is 0 Å². The number of nitrogens with one attached hydrogen (secondary N) is 1. The maximum Gasteiger partial charge on any atom is 0.321 e. The molecule has 0 aliphatic carbocycles. The van der Waals surface area contributed by atoms with Gasteiger partial charge in [-0.25, -0.2) is 4.79 Å². The number of piperidine rings is 1. The fourth-order valence-corrected chi connectivity index (χ4v) is 4.76. The third kappa shape index (κ3) is 4.45. The number of rotatable bonds is 5. The number of amides is 2. The Labute approximate surface area is 150 Å². The van der Waals surface area contributed by atoms with E-state index in [2.05, 4.69) is 28.9 Å². The van der Waals surface area contributed by atoms with Gasteiger partial charge < -0.3 is 10.2 Å². The lowest BCUT2D eigenvalue weighted by Gasteiger charge is -2.39. The molecule has 1 N–H and O–H groups in total. The Morgan fingerprint density at radius 2 is 1.92 bits per heavy atom. The van der Waals surface area contributed by atoms with E-state index in [0.717, 1.165) is 37.7 Å². The van der Waals surface area contributed by atoms with Crippen LogP contribution in [0.5, 0.6) is 0 Å². The number of hydrogen-bond donors (Lipinski definition) is 1. The quantitative estimate of drug-likeness (QED) is 0.877. The fourth-order valence-electron chi connectivity index (χ4n) is 3.90. The van der Waals surface area contributed by atoms with Crippen molar-refractivity contribution in [1.82, 2.24) is 9.80 Å². The highest BCUT2D eigenvalue weighted by molar-refractivity contribution is 7.99. The molecule has 4 nitrogen and oxygen atoms in total. The van der Waals surface area contributed by atoms with Gasteiger partial charge in [0.1, 0.15) is 0 Å². The van der Waals surface area contributed by atoms with Crippen molar-refractivity contribution in [2.75, 3.05) is 36.5 Å². The molecule has 2 heterocycles. The minimum Gasteiger partial charge on any atom is -0.324 e. The van der Waals surface area contributed by atoms with Crippen LogP contribution >= 0.6 is 11.8 Å². The normalized spacial score (nSPS) is 22.7. The second-order valence-corrected chi connectivity index (χ2v) is 8.03. The van der Waals surface area contributed by atoms with E-state index in [0.29, 0.717) is 6.04 Å². The standard InChI is InChI=1S/C19H29N3OS/c1-2-24-15-18-9-6-12-22(18)17-10-13-21(14-11-17)19(23)20-16-7-4-3-5-8-16/h3-5,7-8,17-18H,2,6,9-15H2,1H3,(H,20,23)/t18-/m0/s1. The van der Waals surface area contributed by atoms with Crippen molar-refractivity contribution in [2.24, 2.45) is 0 Å². The largest absolute Gasteiger partial charge is 0.324 e. The summed E-state index contributed by atoms with van der Waals surface area (Å²) in [6.45, 7) is 5.23. The first-order valence-corrected chi connectivity index (χ1v) is 10.4. The molecule has 2 aliphatic rings. The summed E-state index contributed by atoms with van der Waals surface area (Å²) >= 11 is 2.06. The molecule has 24 heavy (non-hydrogen) atoms. The van der Waals surface area contributed by atoms with Gasteiger partial charge in [-0.2, -0.15) is 11.8 Å². The first-order chi connectivity index (χ1) is 11.8. The van der Waals surface area contributed by atoms with E-state index < -0.39 is 0 Å². The molecule has 0 radical (unpaired) electrons. The number of para-hydroxylation sites is 1. The molecule has 0 aromatic heterocycles. The first kappa shape index (κ1) is 17.6. The number of anilines is 1. The topological polar surface area (TPSA) is 35.6 Å². The zero-order valence-electron chi connectivity index (χ0n) is 14.6. The Balaban J connectivity index is 1.47. The van der Waals surface area contributed by atoms with Crippen molar-refractivity contribution in [3.8, 4) is 0 Å². The van der Waals surface area contributed by atoms with Gasteiger partial charge in [0.25, 0.3) is 0 Å². The number of likely N-dealkylation sites (tertiary alicyclic amines) is 2. The number of thioether (sulfide) groups is 1. The second kappa shape index (κ2) is 8.77. The van der Waals surface area contributed by atoms with Crippen molar-refractivity contribution in [3.05, 3.63) is 30.3 Å². The highest BCUT2D eigenvalue weighted by Gasteiger charge is 2.33. The van der Waals surface area contributed by atoms with Gasteiger partial charge in [-0.1, -0.05) is 25.1 Å². The van der Waals surface area contributed by atoms with Crippen molar-refractivity contribution in [2.45, 2.75) is 44.7 Å². The van der Waals surface area contributed by atoms with Gasteiger partial charge in [0.2, 0.25) is 0 Å². The number of nitrogens with zero attached hydrogens (tertiary/aromatic N) is 2. The molecule has 1 aromatic rings. The summed E-state index contributed by atoms with van der Waals surface area (Å²) in [4.78, 5) is 17.1. The molecule has 2 amide bonds. The lowest BCUT2D eigenvalue weighted by atomic mass is 10.0. The van der Waals surface area contributed by atoms with Crippen LogP contribution in [0, 0.1) is 0 Å². The van der Waals surface area contributed by atoms with Crippen molar-refractivity contribution < 1.29 is 4.79 Å². The highest BCUT2D eigenvalue weighted by atomic mass is 32.2. The van der Waals surface area contributed by atoms with Gasteiger partial charge in [0.15, 0.2) is 0 Å². The zero-order valence-corrected chi connectivity index (χ0v) is 15.4. The molecule has 2 saturated heterocycles. The van der Waals surface area contributed by atoms with E-state index in [9.17, 15) is 4.79 Å². The van der Waals surface area contributed by atoms with Crippen molar-refractivity contribution >= 4 is 23.5 Å². The van der Waals surface area contributed by atoms with Crippen LogP contribution in [-0.2, 0) is 0 Å². The number of carbonyl (C=O) groups is 1. The molecular formula is C19H29N3OS. The summed E-state index contributed by atoms with van der Waals surface area (Å²) < 4.78 is 0. The Kier molecular flexibility index (Phi) is 6.44. The molecule has 5 heteroatoms. The monoisotopic (exact) mass is 347 g/mol. The molecule has 1 aromatic carbocycles. The number of hydrogen-bond acceptors (Lipinski definition) is 3. The van der Waals surface area contributed by atoms with Crippen molar-refractivity contribution in [3.63, 3.8) is 0 Å². The van der Waals surface area contributed by atoms with E-state index in [-0.39, 0.29) is 6.03 Å². The Morgan fingerprint density at radius 3 is 2.62 bits per heavy atom. The van der Waals surface area contributed by atoms with Gasteiger partial charge in [-0.3, -0.25) is 4.90 Å². The summed E-state index contributed by atoms with van der Waals surface area (Å²) in [5.74, 6) is 2.48. The molecule has 1 atom stereocenters. The molecule has 2 aliphatic heterocycles. The minimum atomic E-state index is 0.0409. The van der Waals surface area contributed by atoms with Crippen LogP contribution in [0.15, 0.2) is 30.3 Å². The molecule has 0 bridgehead atoms. The van der Waals surface area contributed by atoms with Gasteiger partial charge in [-0.05, 0) is 50.1 Å². The van der Waals surface area contributed by atoms with Gasteiger partial charge >= 0.3 is 6.03 Å². The van der Waals surface area contributed by atoms with Crippen LogP contribution in [0.1, 0.15) is 32.6 Å². The van der Waals surface area contributed by atoms with E-state index >= 15 is 0 Å². The van der Waals surface area contributed by atoms with E-state index in [4.69, 9.17) is 0 Å². The third-order valence-electron chi connectivity index (χ3n) is 5.18. The predicted molar refractivity (Wildman–Crippen MR) is 103 cm³/mol. The molecule has 0 unspecified atom stereocenters. The van der Waals surface area contributed by atoms with E-state index in [1.165, 1.54) is 30.9 Å². The minimum absolute atomic E-state index is 0.0409. The molecule has 0 saturated carbocycles. The summed E-state index contributed by atoms with van der Waals surface area (Å²) in [6.07, 6.45) is 4.90. The number of benzene rings is 1. The van der Waals surface area contributed by atoms with Crippen LogP contribution in [0.2, 0.25) is 0 Å². The summed E-state index contributed by atoms with van der Waals surface area (Å²) in [6, 6.07) is 11.2. The Bertz CT molecular complexity index is 517. The van der Waals surface area contributed by atoms with E-state index in [1.54, 1.807) is 0 Å². The maximum absolute atomic E-state index is 12.4. The SMILES string of the molecule is CCSC[C@@H]1CCCN1C1CCN(C(=O)Nc2ccccc2)CC1. The number of urea groups is 1.